The van der Waals surface area contributed by atoms with Gasteiger partial charge in [-0.3, -0.25) is 0 Å². The van der Waals surface area contributed by atoms with Gasteiger partial charge in [0.2, 0.25) is 9.84 Å². The first-order valence-corrected chi connectivity index (χ1v) is 6.53. The van der Waals surface area contributed by atoms with Crippen molar-refractivity contribution in [1.82, 2.24) is 0 Å². The van der Waals surface area contributed by atoms with Crippen molar-refractivity contribution in [3.8, 4) is 0 Å². The van der Waals surface area contributed by atoms with Gasteiger partial charge in [0.25, 0.3) is 0 Å². The molecule has 0 amide bonds. The van der Waals surface area contributed by atoms with Crippen LogP contribution in [-0.4, -0.2) is 26.2 Å². The van der Waals surface area contributed by atoms with E-state index in [1.54, 1.807) is 24.3 Å². The van der Waals surface area contributed by atoms with Gasteiger partial charge in [-0.05, 0) is 23.6 Å². The molecule has 86 valence electrons. The van der Waals surface area contributed by atoms with Crippen molar-refractivity contribution >= 4 is 15.4 Å². The van der Waals surface area contributed by atoms with Crippen molar-refractivity contribution < 1.29 is 13.5 Å². The molecule has 1 aromatic rings. The molecule has 0 saturated heterocycles. The lowest BCUT2D eigenvalue weighted by molar-refractivity contribution is 0.284. The highest BCUT2D eigenvalue weighted by Gasteiger charge is 2.28. The third kappa shape index (κ3) is 1.77. The van der Waals surface area contributed by atoms with Crippen LogP contribution in [0.25, 0.3) is 5.57 Å². The second kappa shape index (κ2) is 4.01. The topological polar surface area (TPSA) is 80.4 Å². The summed E-state index contributed by atoms with van der Waals surface area (Å²) in [6.07, 6.45) is 0.357. The van der Waals surface area contributed by atoms with Gasteiger partial charge in [0.1, 0.15) is 0 Å². The molecule has 1 heterocycles. The highest BCUT2D eigenvalue weighted by Crippen LogP contribution is 2.34. The third-order valence-electron chi connectivity index (χ3n) is 2.63. The van der Waals surface area contributed by atoms with Crippen molar-refractivity contribution in [2.75, 3.05) is 6.61 Å². The summed E-state index contributed by atoms with van der Waals surface area (Å²) < 4.78 is 23.6. The smallest absolute Gasteiger partial charge is 0.200 e. The summed E-state index contributed by atoms with van der Waals surface area (Å²) in [5.41, 5.74) is 7.08. The van der Waals surface area contributed by atoms with Crippen LogP contribution in [0.5, 0.6) is 0 Å². The number of nitrogens with two attached hydrogens (primary N) is 1. The highest BCUT2D eigenvalue weighted by molar-refractivity contribution is 7.95. The number of fused-ring (bicyclic) bond motifs is 1. The maximum Gasteiger partial charge on any atom is 0.200 e. The number of hydrogen-bond donors (Lipinski definition) is 2. The largest absolute Gasteiger partial charge is 0.396 e. The van der Waals surface area contributed by atoms with E-state index in [0.29, 0.717) is 22.5 Å². The molecule has 3 N–H and O–H groups in total. The van der Waals surface area contributed by atoms with Crippen LogP contribution >= 0.6 is 0 Å². The fraction of sp³-hybridized carbons (Fsp3) is 0.273. The molecule has 0 spiro atoms. The summed E-state index contributed by atoms with van der Waals surface area (Å²) in [6, 6.07) is 6.33. The van der Waals surface area contributed by atoms with Crippen molar-refractivity contribution in [3.05, 3.63) is 35.2 Å². The van der Waals surface area contributed by atoms with Gasteiger partial charge in [0, 0.05) is 18.1 Å². The molecule has 1 atom stereocenters. The normalized spacial score (nSPS) is 19.0. The van der Waals surface area contributed by atoms with E-state index in [0.717, 1.165) is 0 Å². The SMILES string of the molecule is NC(CCO)C1=CS(=O)(=O)c2ccccc21. The van der Waals surface area contributed by atoms with E-state index >= 15 is 0 Å². The van der Waals surface area contributed by atoms with Crippen LogP contribution in [0.4, 0.5) is 0 Å². The minimum absolute atomic E-state index is 0.0548. The van der Waals surface area contributed by atoms with Crippen LogP contribution in [0, 0.1) is 0 Å². The molecule has 0 fully saturated rings. The Labute approximate surface area is 94.3 Å². The van der Waals surface area contributed by atoms with Gasteiger partial charge in [-0.2, -0.15) is 0 Å². The Morgan fingerprint density at radius 1 is 1.31 bits per heavy atom. The fourth-order valence-corrected chi connectivity index (χ4v) is 3.35. The van der Waals surface area contributed by atoms with Gasteiger partial charge in [0.05, 0.1) is 4.90 Å². The lowest BCUT2D eigenvalue weighted by Crippen LogP contribution is -2.22. The molecule has 0 bridgehead atoms. The zero-order chi connectivity index (χ0) is 11.8. The zero-order valence-electron chi connectivity index (χ0n) is 8.63. The van der Waals surface area contributed by atoms with E-state index in [1.165, 1.54) is 5.41 Å². The maximum absolute atomic E-state index is 11.8. The molecule has 2 rings (SSSR count). The van der Waals surface area contributed by atoms with Gasteiger partial charge < -0.3 is 10.8 Å². The monoisotopic (exact) mass is 239 g/mol. The molecule has 0 aromatic heterocycles. The molecular formula is C11H13NO3S. The Morgan fingerprint density at radius 3 is 2.69 bits per heavy atom. The van der Waals surface area contributed by atoms with E-state index in [-0.39, 0.29) is 6.61 Å². The minimum atomic E-state index is -3.34. The molecular weight excluding hydrogens is 226 g/mol. The summed E-state index contributed by atoms with van der Waals surface area (Å²) in [5, 5.41) is 10.0. The first kappa shape index (κ1) is 11.3. The first-order valence-electron chi connectivity index (χ1n) is 4.99. The average molecular weight is 239 g/mol. The van der Waals surface area contributed by atoms with E-state index in [9.17, 15) is 8.42 Å². The standard InChI is InChI=1S/C11H13NO3S/c12-10(5-6-13)9-7-16(14,15)11-4-2-1-3-8(9)11/h1-4,7,10,13H,5-6,12H2. The summed E-state index contributed by atoms with van der Waals surface area (Å²) in [4.78, 5) is 0.304. The number of benzene rings is 1. The van der Waals surface area contributed by atoms with Crippen molar-refractivity contribution in [3.63, 3.8) is 0 Å². The second-order valence-corrected chi connectivity index (χ2v) is 5.50. The van der Waals surface area contributed by atoms with Crippen LogP contribution in [-0.2, 0) is 9.84 Å². The predicted molar refractivity (Wildman–Crippen MR) is 61.3 cm³/mol. The summed E-state index contributed by atoms with van der Waals surface area (Å²) in [7, 11) is -3.34. The number of rotatable bonds is 3. The zero-order valence-corrected chi connectivity index (χ0v) is 9.44. The van der Waals surface area contributed by atoms with Gasteiger partial charge >= 0.3 is 0 Å². The summed E-state index contributed by atoms with van der Waals surface area (Å²) in [6.45, 7) is -0.0548. The Kier molecular flexibility index (Phi) is 2.84. The predicted octanol–water partition coefficient (Wildman–Crippen LogP) is 0.525. The molecule has 0 aliphatic carbocycles. The molecule has 1 aliphatic rings. The molecule has 1 unspecified atom stereocenters. The lowest BCUT2D eigenvalue weighted by atomic mass is 9.99. The number of aliphatic hydroxyl groups excluding tert-OH is 1. The Bertz CT molecular complexity index is 534. The third-order valence-corrected chi connectivity index (χ3v) is 4.16. The molecule has 0 saturated carbocycles. The highest BCUT2D eigenvalue weighted by atomic mass is 32.2. The Hall–Kier alpha value is -1.17. The Morgan fingerprint density at radius 2 is 2.00 bits per heavy atom. The molecule has 1 aliphatic heterocycles. The summed E-state index contributed by atoms with van der Waals surface area (Å²) >= 11 is 0. The number of aliphatic hydroxyl groups is 1. The average Bonchev–Trinajstić information content (AvgIpc) is 2.52. The van der Waals surface area contributed by atoms with Gasteiger partial charge in [-0.1, -0.05) is 18.2 Å². The van der Waals surface area contributed by atoms with E-state index in [1.807, 2.05) is 0 Å². The van der Waals surface area contributed by atoms with Crippen LogP contribution in [0.15, 0.2) is 34.6 Å². The lowest BCUT2D eigenvalue weighted by Gasteiger charge is -2.11. The van der Waals surface area contributed by atoms with Crippen molar-refractivity contribution in [2.24, 2.45) is 5.73 Å². The number of hydrogen-bond acceptors (Lipinski definition) is 4. The molecule has 5 heteroatoms. The minimum Gasteiger partial charge on any atom is -0.396 e. The molecule has 1 aromatic carbocycles. The van der Waals surface area contributed by atoms with E-state index in [2.05, 4.69) is 0 Å². The van der Waals surface area contributed by atoms with Crippen molar-refractivity contribution in [2.45, 2.75) is 17.4 Å². The van der Waals surface area contributed by atoms with Gasteiger partial charge in [0.15, 0.2) is 0 Å². The van der Waals surface area contributed by atoms with E-state index < -0.39 is 15.9 Å². The Balaban J connectivity index is 2.51. The molecule has 4 nitrogen and oxygen atoms in total. The van der Waals surface area contributed by atoms with Crippen molar-refractivity contribution in [1.29, 1.82) is 0 Å². The van der Waals surface area contributed by atoms with Crippen LogP contribution < -0.4 is 5.73 Å². The van der Waals surface area contributed by atoms with Crippen LogP contribution in [0.3, 0.4) is 0 Å². The van der Waals surface area contributed by atoms with Gasteiger partial charge in [-0.15, -0.1) is 0 Å². The second-order valence-electron chi connectivity index (χ2n) is 3.73. The molecule has 16 heavy (non-hydrogen) atoms. The van der Waals surface area contributed by atoms with E-state index in [4.69, 9.17) is 10.8 Å². The quantitative estimate of drug-likeness (QED) is 0.806. The maximum atomic E-state index is 11.8. The van der Waals surface area contributed by atoms with Crippen LogP contribution in [0.1, 0.15) is 12.0 Å². The molecule has 0 radical (unpaired) electrons. The number of sulfone groups is 1. The first-order chi connectivity index (χ1) is 7.56. The van der Waals surface area contributed by atoms with Gasteiger partial charge in [-0.25, -0.2) is 8.42 Å². The fourth-order valence-electron chi connectivity index (χ4n) is 1.83. The summed E-state index contributed by atoms with van der Waals surface area (Å²) in [5.74, 6) is 0. The van der Waals surface area contributed by atoms with Crippen LogP contribution in [0.2, 0.25) is 0 Å².